The summed E-state index contributed by atoms with van der Waals surface area (Å²) in [6.07, 6.45) is 6.63. The van der Waals surface area contributed by atoms with Crippen LogP contribution >= 0.6 is 15.9 Å². The summed E-state index contributed by atoms with van der Waals surface area (Å²) in [7, 11) is 0. The molecule has 7 heteroatoms. The van der Waals surface area contributed by atoms with Gasteiger partial charge in [0.05, 0.1) is 6.61 Å². The van der Waals surface area contributed by atoms with Crippen LogP contribution in [0.4, 0.5) is 14.5 Å². The Morgan fingerprint density at radius 2 is 1.73 bits per heavy atom. The molecule has 214 valence electrons. The van der Waals surface area contributed by atoms with Crippen LogP contribution < -0.4 is 10.1 Å². The maximum atomic E-state index is 14.6. The first-order chi connectivity index (χ1) is 19.3. The van der Waals surface area contributed by atoms with Crippen LogP contribution in [0.15, 0.2) is 65.1 Å². The lowest BCUT2D eigenvalue weighted by Crippen LogP contribution is -2.51. The van der Waals surface area contributed by atoms with E-state index in [0.29, 0.717) is 29.1 Å². The van der Waals surface area contributed by atoms with Crippen molar-refractivity contribution < 1.29 is 23.0 Å². The van der Waals surface area contributed by atoms with Crippen LogP contribution in [-0.4, -0.2) is 18.3 Å². The van der Waals surface area contributed by atoms with Crippen LogP contribution in [0.5, 0.6) is 5.75 Å². The number of hydrogen-bond donors (Lipinski definition) is 1. The Kier molecular flexibility index (Phi) is 9.44. The smallest absolute Gasteiger partial charge is 0.132 e. The van der Waals surface area contributed by atoms with E-state index in [1.54, 1.807) is 18.2 Å². The van der Waals surface area contributed by atoms with Gasteiger partial charge in [0.2, 0.25) is 0 Å². The molecule has 3 aromatic carbocycles. The third kappa shape index (κ3) is 7.23. The van der Waals surface area contributed by atoms with E-state index in [1.807, 2.05) is 32.0 Å². The van der Waals surface area contributed by atoms with Gasteiger partial charge in [-0.2, -0.15) is 0 Å². The van der Waals surface area contributed by atoms with E-state index in [0.717, 1.165) is 29.0 Å². The van der Waals surface area contributed by atoms with Crippen molar-refractivity contribution in [2.45, 2.75) is 83.3 Å². The summed E-state index contributed by atoms with van der Waals surface area (Å²) in [5, 5.41) is 3.44. The predicted molar refractivity (Wildman–Crippen MR) is 157 cm³/mol. The Balaban J connectivity index is 1.37. The highest BCUT2D eigenvalue weighted by molar-refractivity contribution is 9.10. The maximum absolute atomic E-state index is 14.6. The van der Waals surface area contributed by atoms with E-state index < -0.39 is 11.7 Å². The van der Waals surface area contributed by atoms with Crippen LogP contribution in [0, 0.1) is 17.6 Å². The topological polar surface area (TPSA) is 39.7 Å². The number of nitrogens with one attached hydrogen (secondary N) is 1. The van der Waals surface area contributed by atoms with E-state index in [2.05, 4.69) is 27.3 Å². The molecule has 5 rings (SSSR count). The van der Waals surface area contributed by atoms with Gasteiger partial charge in [-0.15, -0.1) is 0 Å². The number of halogens is 3. The van der Waals surface area contributed by atoms with Gasteiger partial charge in [-0.25, -0.2) is 8.78 Å². The van der Waals surface area contributed by atoms with Gasteiger partial charge in [0.25, 0.3) is 0 Å². The molecule has 2 unspecified atom stereocenters. The molecular weight excluding hydrogens is 576 g/mol. The van der Waals surface area contributed by atoms with Crippen molar-refractivity contribution in [2.24, 2.45) is 5.92 Å². The minimum absolute atomic E-state index is 0.108. The molecule has 2 atom stereocenters. The molecule has 4 nitrogen and oxygen atoms in total. The number of benzene rings is 3. The molecule has 0 bridgehead atoms. The van der Waals surface area contributed by atoms with Crippen molar-refractivity contribution in [3.8, 4) is 5.75 Å². The van der Waals surface area contributed by atoms with Gasteiger partial charge in [0.1, 0.15) is 35.2 Å². The normalized spacial score (nSPS) is 20.5. The molecule has 40 heavy (non-hydrogen) atoms. The van der Waals surface area contributed by atoms with Crippen molar-refractivity contribution in [1.82, 2.24) is 0 Å². The molecule has 3 aromatic rings. The lowest BCUT2D eigenvalue weighted by molar-refractivity contribution is -0.168. The zero-order valence-electron chi connectivity index (χ0n) is 23.2. The number of ether oxygens (including phenoxy) is 3. The largest absolute Gasteiger partial charge is 0.485 e. The summed E-state index contributed by atoms with van der Waals surface area (Å²) >= 11 is 3.32. The van der Waals surface area contributed by atoms with Crippen LogP contribution in [0.25, 0.3) is 0 Å². The van der Waals surface area contributed by atoms with E-state index in [9.17, 15) is 8.78 Å². The van der Waals surface area contributed by atoms with Crippen molar-refractivity contribution >= 4 is 21.6 Å². The molecule has 0 amide bonds. The number of rotatable bonds is 10. The predicted octanol–water partition coefficient (Wildman–Crippen LogP) is 9.12. The van der Waals surface area contributed by atoms with Gasteiger partial charge in [-0.05, 0) is 74.2 Å². The minimum atomic E-state index is -0.697. The molecule has 1 N–H and O–H groups in total. The lowest BCUT2D eigenvalue weighted by Gasteiger charge is -2.44. The molecule has 1 heterocycles. The number of hydrogen-bond acceptors (Lipinski definition) is 4. The molecule has 2 aliphatic rings. The summed E-state index contributed by atoms with van der Waals surface area (Å²) in [5.41, 5.74) is 2.59. The molecule has 1 saturated carbocycles. The zero-order valence-corrected chi connectivity index (χ0v) is 24.8. The molecule has 0 radical (unpaired) electrons. The molecule has 0 aromatic heterocycles. The maximum Gasteiger partial charge on any atom is 0.132 e. The zero-order chi connectivity index (χ0) is 28.1. The second-order valence-electron chi connectivity index (χ2n) is 11.5. The second kappa shape index (κ2) is 13.0. The molecular formula is C33H38BrF2NO3. The third-order valence-electron chi connectivity index (χ3n) is 8.04. The summed E-state index contributed by atoms with van der Waals surface area (Å²) in [5.74, 6) is 0.890. The Hall–Kier alpha value is -2.48. The molecule has 1 aliphatic carbocycles. The van der Waals surface area contributed by atoms with Crippen molar-refractivity contribution in [1.29, 1.82) is 0 Å². The monoisotopic (exact) mass is 613 g/mol. The minimum Gasteiger partial charge on any atom is -0.485 e. The first-order valence-corrected chi connectivity index (χ1v) is 15.1. The summed E-state index contributed by atoms with van der Waals surface area (Å²) in [6.45, 7) is 5.29. The first-order valence-electron chi connectivity index (χ1n) is 14.3. The van der Waals surface area contributed by atoms with E-state index in [4.69, 9.17) is 14.2 Å². The summed E-state index contributed by atoms with van der Waals surface area (Å²) < 4.78 is 48.2. The Labute approximate surface area is 244 Å². The van der Waals surface area contributed by atoms with Gasteiger partial charge >= 0.3 is 0 Å². The van der Waals surface area contributed by atoms with Crippen LogP contribution in [0.3, 0.4) is 0 Å². The Morgan fingerprint density at radius 3 is 2.48 bits per heavy atom. The molecule has 1 fully saturated rings. The summed E-state index contributed by atoms with van der Waals surface area (Å²) in [6, 6.07) is 17.5. The molecule has 1 aliphatic heterocycles. The van der Waals surface area contributed by atoms with Gasteiger partial charge in [-0.1, -0.05) is 66.2 Å². The Morgan fingerprint density at radius 1 is 0.950 bits per heavy atom. The standard InChI is InChI=1S/C33H38BrF2NO3/c1-33(2)32(39-21-24-10-11-25(34)18-29(24)36)31(38-17-16-22-6-4-3-5-7-22)28-19-27(14-15-30(28)40-33)37-20-23-8-12-26(35)13-9-23/h8-15,18-19,22,31-32,37H,3-7,16-17,20-21H2,1-2H3. The fourth-order valence-electron chi connectivity index (χ4n) is 5.77. The fraction of sp³-hybridized carbons (Fsp3) is 0.455. The van der Waals surface area contributed by atoms with E-state index in [1.165, 1.54) is 50.3 Å². The molecule has 0 saturated heterocycles. The first kappa shape index (κ1) is 29.0. The van der Waals surface area contributed by atoms with Crippen LogP contribution in [0.2, 0.25) is 0 Å². The van der Waals surface area contributed by atoms with Crippen molar-refractivity contribution in [3.63, 3.8) is 0 Å². The fourth-order valence-corrected chi connectivity index (χ4v) is 6.10. The van der Waals surface area contributed by atoms with Crippen LogP contribution in [-0.2, 0) is 22.6 Å². The third-order valence-corrected chi connectivity index (χ3v) is 8.53. The number of anilines is 1. The van der Waals surface area contributed by atoms with E-state index >= 15 is 0 Å². The van der Waals surface area contributed by atoms with Crippen molar-refractivity contribution in [3.05, 3.63) is 93.5 Å². The van der Waals surface area contributed by atoms with Crippen molar-refractivity contribution in [2.75, 3.05) is 11.9 Å². The van der Waals surface area contributed by atoms with Gasteiger partial charge < -0.3 is 19.5 Å². The summed E-state index contributed by atoms with van der Waals surface area (Å²) in [4.78, 5) is 0. The van der Waals surface area contributed by atoms with Crippen LogP contribution in [0.1, 0.15) is 75.2 Å². The quantitative estimate of drug-likeness (QED) is 0.247. The van der Waals surface area contributed by atoms with Gasteiger partial charge in [-0.3, -0.25) is 0 Å². The Bertz CT molecular complexity index is 1280. The second-order valence-corrected chi connectivity index (χ2v) is 12.4. The average Bonchev–Trinajstić information content (AvgIpc) is 2.93. The van der Waals surface area contributed by atoms with Gasteiger partial charge in [0.15, 0.2) is 0 Å². The highest BCUT2D eigenvalue weighted by atomic mass is 79.9. The SMILES string of the molecule is CC1(C)Oc2ccc(NCc3ccc(F)cc3)cc2C(OCCC2CCCCC2)C1OCc1ccc(Br)cc1F. The highest BCUT2D eigenvalue weighted by Crippen LogP contribution is 2.45. The lowest BCUT2D eigenvalue weighted by atomic mass is 9.86. The molecule has 0 spiro atoms. The van der Waals surface area contributed by atoms with Gasteiger partial charge in [0, 0.05) is 34.4 Å². The van der Waals surface area contributed by atoms with E-state index in [-0.39, 0.29) is 24.3 Å². The highest BCUT2D eigenvalue weighted by Gasteiger charge is 2.46. The number of fused-ring (bicyclic) bond motifs is 1. The average molecular weight is 615 g/mol.